The summed E-state index contributed by atoms with van der Waals surface area (Å²) in [6.45, 7) is 8.63. The van der Waals surface area contributed by atoms with Gasteiger partial charge in [0, 0.05) is 16.8 Å². The summed E-state index contributed by atoms with van der Waals surface area (Å²) in [4.78, 5) is 5.92. The molecule has 3 heteroatoms. The van der Waals surface area contributed by atoms with Crippen LogP contribution in [0.1, 0.15) is 48.3 Å². The third-order valence-corrected chi connectivity index (χ3v) is 3.81. The molecule has 0 fully saturated rings. The Labute approximate surface area is 84.4 Å². The third-order valence-electron chi connectivity index (χ3n) is 2.17. The van der Waals surface area contributed by atoms with Crippen LogP contribution in [0.15, 0.2) is 0 Å². The number of nitrogens with zero attached hydrogens (tertiary/aromatic N) is 1. The second kappa shape index (κ2) is 4.20. The highest BCUT2D eigenvalue weighted by atomic mass is 32.1. The van der Waals surface area contributed by atoms with Gasteiger partial charge in [0.1, 0.15) is 0 Å². The molecule has 1 rings (SSSR count). The smallest absolute Gasteiger partial charge is 0.0956 e. The number of hydrogen-bond donors (Lipinski definition) is 1. The van der Waals surface area contributed by atoms with Crippen LogP contribution in [0, 0.1) is 6.92 Å². The van der Waals surface area contributed by atoms with E-state index in [1.165, 1.54) is 15.6 Å². The predicted molar refractivity (Wildman–Crippen MR) is 58.4 cm³/mol. The molecule has 1 atom stereocenters. The molecule has 1 unspecified atom stereocenters. The van der Waals surface area contributed by atoms with Gasteiger partial charge in [-0.15, -0.1) is 11.3 Å². The minimum atomic E-state index is 0.421. The first kappa shape index (κ1) is 10.7. The molecule has 0 saturated heterocycles. The zero-order chi connectivity index (χ0) is 10.0. The van der Waals surface area contributed by atoms with Crippen LogP contribution in [-0.4, -0.2) is 12.0 Å². The summed E-state index contributed by atoms with van der Waals surface area (Å²) in [7, 11) is 1.98. The Morgan fingerprint density at radius 2 is 1.92 bits per heavy atom. The van der Waals surface area contributed by atoms with Crippen molar-refractivity contribution in [2.75, 3.05) is 7.05 Å². The molecular weight excluding hydrogens is 180 g/mol. The van der Waals surface area contributed by atoms with Gasteiger partial charge in [-0.1, -0.05) is 13.8 Å². The maximum atomic E-state index is 4.56. The van der Waals surface area contributed by atoms with E-state index in [0.29, 0.717) is 12.0 Å². The normalized spacial score (nSPS) is 13.7. The fourth-order valence-electron chi connectivity index (χ4n) is 1.21. The molecule has 0 amide bonds. The molecular formula is C10H18N2S. The van der Waals surface area contributed by atoms with Crippen molar-refractivity contribution in [3.8, 4) is 0 Å². The first-order chi connectivity index (χ1) is 6.06. The lowest BCUT2D eigenvalue weighted by Crippen LogP contribution is -2.11. The van der Waals surface area contributed by atoms with Crippen LogP contribution in [0.4, 0.5) is 0 Å². The molecule has 0 aromatic carbocycles. The average molecular weight is 198 g/mol. The fourth-order valence-corrected chi connectivity index (χ4v) is 2.34. The number of hydrogen-bond acceptors (Lipinski definition) is 3. The zero-order valence-corrected chi connectivity index (χ0v) is 9.83. The van der Waals surface area contributed by atoms with Crippen molar-refractivity contribution in [3.05, 3.63) is 15.6 Å². The van der Waals surface area contributed by atoms with Gasteiger partial charge in [0.15, 0.2) is 0 Å². The Kier molecular flexibility index (Phi) is 3.45. The van der Waals surface area contributed by atoms with Gasteiger partial charge in [-0.2, -0.15) is 0 Å². The Hall–Kier alpha value is -0.410. The van der Waals surface area contributed by atoms with Crippen LogP contribution < -0.4 is 5.32 Å². The molecule has 0 radical (unpaired) electrons. The lowest BCUT2D eigenvalue weighted by molar-refractivity contribution is 0.658. The van der Waals surface area contributed by atoms with E-state index in [1.807, 2.05) is 18.4 Å². The van der Waals surface area contributed by atoms with Gasteiger partial charge < -0.3 is 5.32 Å². The van der Waals surface area contributed by atoms with E-state index in [9.17, 15) is 0 Å². The van der Waals surface area contributed by atoms with Gasteiger partial charge in [0.25, 0.3) is 0 Å². The van der Waals surface area contributed by atoms with Crippen molar-refractivity contribution in [1.29, 1.82) is 0 Å². The standard InChI is InChI=1S/C10H18N2S/c1-6(2)10-12-8(4)9(13-10)7(3)11-5/h6-7,11H,1-5H3. The molecule has 1 heterocycles. The Bertz CT molecular complexity index is 278. The lowest BCUT2D eigenvalue weighted by atomic mass is 10.2. The van der Waals surface area contributed by atoms with Gasteiger partial charge in [-0.05, 0) is 20.9 Å². The molecule has 0 spiro atoms. The summed E-state index contributed by atoms with van der Waals surface area (Å²) >= 11 is 1.83. The zero-order valence-electron chi connectivity index (χ0n) is 9.01. The Morgan fingerprint density at radius 1 is 1.31 bits per heavy atom. The fraction of sp³-hybridized carbons (Fsp3) is 0.700. The van der Waals surface area contributed by atoms with E-state index in [1.54, 1.807) is 0 Å². The first-order valence-electron chi connectivity index (χ1n) is 4.70. The Morgan fingerprint density at radius 3 is 2.31 bits per heavy atom. The maximum Gasteiger partial charge on any atom is 0.0956 e. The Balaban J connectivity index is 2.96. The van der Waals surface area contributed by atoms with E-state index in [4.69, 9.17) is 0 Å². The second-order valence-electron chi connectivity index (χ2n) is 3.67. The largest absolute Gasteiger partial charge is 0.312 e. The molecule has 1 N–H and O–H groups in total. The SMILES string of the molecule is CNC(C)c1sc(C(C)C)nc1C. The molecule has 0 saturated carbocycles. The topological polar surface area (TPSA) is 24.9 Å². The van der Waals surface area contributed by atoms with Crippen molar-refractivity contribution in [1.82, 2.24) is 10.3 Å². The molecule has 0 bridgehead atoms. The number of thiazole rings is 1. The first-order valence-corrected chi connectivity index (χ1v) is 5.52. The quantitative estimate of drug-likeness (QED) is 0.808. The summed E-state index contributed by atoms with van der Waals surface area (Å²) in [6.07, 6.45) is 0. The van der Waals surface area contributed by atoms with Crippen LogP contribution in [0.25, 0.3) is 0 Å². The summed E-state index contributed by atoms with van der Waals surface area (Å²) in [5, 5.41) is 4.49. The summed E-state index contributed by atoms with van der Waals surface area (Å²) in [5.74, 6) is 0.543. The van der Waals surface area contributed by atoms with Crippen molar-refractivity contribution >= 4 is 11.3 Å². The molecule has 1 aromatic rings. The van der Waals surface area contributed by atoms with Crippen LogP contribution >= 0.6 is 11.3 Å². The molecule has 2 nitrogen and oxygen atoms in total. The van der Waals surface area contributed by atoms with Gasteiger partial charge in [0.05, 0.1) is 10.7 Å². The van der Waals surface area contributed by atoms with Crippen molar-refractivity contribution in [3.63, 3.8) is 0 Å². The van der Waals surface area contributed by atoms with E-state index < -0.39 is 0 Å². The molecule has 0 aliphatic carbocycles. The van der Waals surface area contributed by atoms with Crippen LogP contribution in [0.5, 0.6) is 0 Å². The van der Waals surface area contributed by atoms with Crippen LogP contribution in [-0.2, 0) is 0 Å². The lowest BCUT2D eigenvalue weighted by Gasteiger charge is -2.07. The van der Waals surface area contributed by atoms with E-state index in [-0.39, 0.29) is 0 Å². The third kappa shape index (κ3) is 2.29. The highest BCUT2D eigenvalue weighted by Crippen LogP contribution is 2.28. The molecule has 0 aliphatic heterocycles. The summed E-state index contributed by atoms with van der Waals surface area (Å²) < 4.78 is 0. The van der Waals surface area contributed by atoms with Crippen LogP contribution in [0.2, 0.25) is 0 Å². The highest BCUT2D eigenvalue weighted by molar-refractivity contribution is 7.11. The van der Waals surface area contributed by atoms with Crippen molar-refractivity contribution < 1.29 is 0 Å². The molecule has 0 aliphatic rings. The molecule has 1 aromatic heterocycles. The number of aromatic nitrogens is 1. The van der Waals surface area contributed by atoms with E-state index in [0.717, 1.165) is 0 Å². The monoisotopic (exact) mass is 198 g/mol. The maximum absolute atomic E-state index is 4.56. The number of nitrogens with one attached hydrogen (secondary N) is 1. The van der Waals surface area contributed by atoms with Gasteiger partial charge in [0.2, 0.25) is 0 Å². The molecule has 13 heavy (non-hydrogen) atoms. The minimum absolute atomic E-state index is 0.421. The van der Waals surface area contributed by atoms with Crippen molar-refractivity contribution in [2.45, 2.75) is 39.7 Å². The average Bonchev–Trinajstić information content (AvgIpc) is 2.46. The van der Waals surface area contributed by atoms with E-state index in [2.05, 4.69) is 38.0 Å². The van der Waals surface area contributed by atoms with Crippen LogP contribution in [0.3, 0.4) is 0 Å². The number of aryl methyl sites for hydroxylation is 1. The highest BCUT2D eigenvalue weighted by Gasteiger charge is 2.13. The van der Waals surface area contributed by atoms with Gasteiger partial charge in [-0.3, -0.25) is 0 Å². The minimum Gasteiger partial charge on any atom is -0.312 e. The van der Waals surface area contributed by atoms with Crippen molar-refractivity contribution in [2.24, 2.45) is 0 Å². The van der Waals surface area contributed by atoms with Gasteiger partial charge in [-0.25, -0.2) is 4.98 Å². The van der Waals surface area contributed by atoms with E-state index >= 15 is 0 Å². The molecule has 74 valence electrons. The second-order valence-corrected chi connectivity index (χ2v) is 4.73. The summed E-state index contributed by atoms with van der Waals surface area (Å²) in [5.41, 5.74) is 1.18. The van der Waals surface area contributed by atoms with Gasteiger partial charge >= 0.3 is 0 Å². The summed E-state index contributed by atoms with van der Waals surface area (Å²) in [6, 6.07) is 0.421. The number of rotatable bonds is 3. The predicted octanol–water partition coefficient (Wildman–Crippen LogP) is 2.86.